The lowest BCUT2D eigenvalue weighted by Crippen LogP contribution is -2.15. The molecule has 0 atom stereocenters. The van der Waals surface area contributed by atoms with Gasteiger partial charge in [0.05, 0.1) is 26.9 Å². The monoisotopic (exact) mass is 417 g/mol. The van der Waals surface area contributed by atoms with Crippen molar-refractivity contribution in [1.29, 1.82) is 0 Å². The number of ether oxygens (including phenoxy) is 4. The van der Waals surface area contributed by atoms with Crippen LogP contribution in [-0.2, 0) is 20.8 Å². The number of carbonyl (C=O) groups is 3. The Balaban J connectivity index is 2.02. The van der Waals surface area contributed by atoms with E-state index in [1.807, 2.05) is 18.4 Å². The number of hydrogen-bond acceptors (Lipinski definition) is 7. The zero-order chi connectivity index (χ0) is 22.3. The second-order valence-electron chi connectivity index (χ2n) is 6.69. The van der Waals surface area contributed by atoms with E-state index in [0.29, 0.717) is 36.4 Å². The molecule has 1 aromatic heterocycles. The van der Waals surface area contributed by atoms with Gasteiger partial charge in [0.25, 0.3) is 0 Å². The molecule has 30 heavy (non-hydrogen) atoms. The summed E-state index contributed by atoms with van der Waals surface area (Å²) in [5.41, 5.74) is 2.41. The molecule has 2 rings (SSSR count). The van der Waals surface area contributed by atoms with Crippen molar-refractivity contribution in [3.63, 3.8) is 0 Å². The minimum atomic E-state index is -0.629. The van der Waals surface area contributed by atoms with Crippen LogP contribution in [0.2, 0.25) is 0 Å². The Morgan fingerprint density at radius 2 is 1.67 bits per heavy atom. The number of ketones is 1. The topological polar surface area (TPSA) is 93.1 Å². The van der Waals surface area contributed by atoms with Gasteiger partial charge in [0.1, 0.15) is 0 Å². The van der Waals surface area contributed by atoms with Gasteiger partial charge in [-0.25, -0.2) is 4.79 Å². The van der Waals surface area contributed by atoms with Gasteiger partial charge in [0.15, 0.2) is 18.1 Å². The average Bonchev–Trinajstić information content (AvgIpc) is 3.04. The van der Waals surface area contributed by atoms with Crippen molar-refractivity contribution >= 4 is 17.7 Å². The van der Waals surface area contributed by atoms with E-state index >= 15 is 0 Å². The quantitative estimate of drug-likeness (QED) is 0.433. The standard InChI is InChI=1S/C22H27NO7/c1-14-11-17(15(2)23(14)10-6-7-21(25)29-5)18(24)13-30-22(26)16-8-9-19(27-3)20(12-16)28-4/h8-9,11-12H,6-7,10,13H2,1-5H3. The zero-order valence-electron chi connectivity index (χ0n) is 17.9. The Hall–Kier alpha value is -3.29. The second kappa shape index (κ2) is 10.5. The number of carbonyl (C=O) groups excluding carboxylic acids is 3. The number of esters is 2. The normalized spacial score (nSPS) is 10.4. The fourth-order valence-electron chi connectivity index (χ4n) is 3.17. The predicted molar refractivity (Wildman–Crippen MR) is 109 cm³/mol. The molecule has 0 amide bonds. The highest BCUT2D eigenvalue weighted by molar-refractivity contribution is 6.00. The molecule has 0 radical (unpaired) electrons. The molecule has 162 valence electrons. The van der Waals surface area contributed by atoms with Crippen LogP contribution in [0.5, 0.6) is 11.5 Å². The van der Waals surface area contributed by atoms with E-state index in [0.717, 1.165) is 11.4 Å². The van der Waals surface area contributed by atoms with E-state index < -0.39 is 5.97 Å². The molecule has 1 aromatic carbocycles. The minimum absolute atomic E-state index is 0.258. The molecule has 0 unspecified atom stereocenters. The van der Waals surface area contributed by atoms with E-state index in [-0.39, 0.29) is 23.9 Å². The number of aryl methyl sites for hydroxylation is 1. The number of aromatic nitrogens is 1. The van der Waals surface area contributed by atoms with Gasteiger partial charge in [-0.15, -0.1) is 0 Å². The van der Waals surface area contributed by atoms with Gasteiger partial charge in [0.2, 0.25) is 5.78 Å². The molecule has 0 aliphatic carbocycles. The molecule has 0 N–H and O–H groups in total. The number of Topliss-reactive ketones (excluding diaryl/α,β-unsaturated/α-hetero) is 1. The van der Waals surface area contributed by atoms with Crippen LogP contribution >= 0.6 is 0 Å². The van der Waals surface area contributed by atoms with Gasteiger partial charge in [-0.05, 0) is 44.5 Å². The van der Waals surface area contributed by atoms with Gasteiger partial charge in [-0.1, -0.05) is 0 Å². The summed E-state index contributed by atoms with van der Waals surface area (Å²) in [6, 6.07) is 6.40. The Bertz CT molecular complexity index is 930. The first-order valence-corrected chi connectivity index (χ1v) is 9.48. The summed E-state index contributed by atoms with van der Waals surface area (Å²) < 4.78 is 22.1. The molecule has 8 nitrogen and oxygen atoms in total. The van der Waals surface area contributed by atoms with Crippen molar-refractivity contribution < 1.29 is 33.3 Å². The van der Waals surface area contributed by atoms with Crippen LogP contribution in [0.3, 0.4) is 0 Å². The van der Waals surface area contributed by atoms with Gasteiger partial charge >= 0.3 is 11.9 Å². The Morgan fingerprint density at radius 1 is 0.967 bits per heavy atom. The lowest BCUT2D eigenvalue weighted by Gasteiger charge is -2.10. The van der Waals surface area contributed by atoms with Gasteiger partial charge in [-0.3, -0.25) is 9.59 Å². The maximum atomic E-state index is 12.6. The van der Waals surface area contributed by atoms with Crippen LogP contribution in [0.4, 0.5) is 0 Å². The molecule has 1 heterocycles. The van der Waals surface area contributed by atoms with Crippen LogP contribution in [0.15, 0.2) is 24.3 Å². The molecule has 0 aliphatic rings. The highest BCUT2D eigenvalue weighted by Gasteiger charge is 2.19. The molecule has 0 saturated carbocycles. The molecule has 0 spiro atoms. The highest BCUT2D eigenvalue weighted by Crippen LogP contribution is 2.27. The molecule has 2 aromatic rings. The van der Waals surface area contributed by atoms with Crippen LogP contribution in [0.1, 0.15) is 44.9 Å². The van der Waals surface area contributed by atoms with Gasteiger partial charge in [0, 0.05) is 29.9 Å². The summed E-state index contributed by atoms with van der Waals surface area (Å²) in [6.07, 6.45) is 0.907. The smallest absolute Gasteiger partial charge is 0.338 e. The minimum Gasteiger partial charge on any atom is -0.493 e. The first-order chi connectivity index (χ1) is 14.3. The number of nitrogens with zero attached hydrogens (tertiary/aromatic N) is 1. The van der Waals surface area contributed by atoms with E-state index in [4.69, 9.17) is 14.2 Å². The first-order valence-electron chi connectivity index (χ1n) is 9.48. The van der Waals surface area contributed by atoms with Crippen molar-refractivity contribution in [2.45, 2.75) is 33.2 Å². The molecule has 0 fully saturated rings. The summed E-state index contributed by atoms with van der Waals surface area (Å²) >= 11 is 0. The van der Waals surface area contributed by atoms with Crippen molar-refractivity contribution in [3.8, 4) is 11.5 Å². The molecule has 8 heteroatoms. The number of benzene rings is 1. The third-order valence-electron chi connectivity index (χ3n) is 4.82. The van der Waals surface area contributed by atoms with Crippen LogP contribution < -0.4 is 9.47 Å². The van der Waals surface area contributed by atoms with Crippen LogP contribution in [0.25, 0.3) is 0 Å². The van der Waals surface area contributed by atoms with E-state index in [9.17, 15) is 14.4 Å². The number of hydrogen-bond donors (Lipinski definition) is 0. The molecule has 0 aliphatic heterocycles. The second-order valence-corrected chi connectivity index (χ2v) is 6.69. The Kier molecular flexibility index (Phi) is 8.03. The third-order valence-corrected chi connectivity index (χ3v) is 4.82. The van der Waals surface area contributed by atoms with Crippen molar-refractivity contribution in [3.05, 3.63) is 46.8 Å². The average molecular weight is 417 g/mol. The van der Waals surface area contributed by atoms with Crippen molar-refractivity contribution in [2.24, 2.45) is 0 Å². The summed E-state index contributed by atoms with van der Waals surface area (Å²) in [5, 5.41) is 0. The molecule has 0 bridgehead atoms. The van der Waals surface area contributed by atoms with Gasteiger partial charge in [-0.2, -0.15) is 0 Å². The lowest BCUT2D eigenvalue weighted by molar-refractivity contribution is -0.140. The zero-order valence-corrected chi connectivity index (χ0v) is 17.9. The van der Waals surface area contributed by atoms with E-state index in [2.05, 4.69) is 4.74 Å². The first kappa shape index (κ1) is 23.0. The highest BCUT2D eigenvalue weighted by atomic mass is 16.5. The summed E-state index contributed by atoms with van der Waals surface area (Å²) in [5.74, 6) is -0.304. The van der Waals surface area contributed by atoms with Crippen molar-refractivity contribution in [2.75, 3.05) is 27.9 Å². The van der Waals surface area contributed by atoms with Gasteiger partial charge < -0.3 is 23.5 Å². The lowest BCUT2D eigenvalue weighted by atomic mass is 10.1. The Morgan fingerprint density at radius 3 is 2.30 bits per heavy atom. The SMILES string of the molecule is COC(=O)CCCn1c(C)cc(C(=O)COC(=O)c2ccc(OC)c(OC)c2)c1C. The summed E-state index contributed by atoms with van der Waals surface area (Å²) in [4.78, 5) is 36.2. The summed E-state index contributed by atoms with van der Waals surface area (Å²) in [7, 11) is 4.33. The molecular formula is C22H27NO7. The van der Waals surface area contributed by atoms with Crippen LogP contribution in [-0.4, -0.2) is 50.2 Å². The predicted octanol–water partition coefficient (Wildman–Crippen LogP) is 3.12. The third kappa shape index (κ3) is 5.40. The maximum absolute atomic E-state index is 12.6. The molecular weight excluding hydrogens is 390 g/mol. The number of rotatable bonds is 10. The Labute approximate surface area is 175 Å². The van der Waals surface area contributed by atoms with Crippen LogP contribution in [0, 0.1) is 13.8 Å². The maximum Gasteiger partial charge on any atom is 0.338 e. The largest absolute Gasteiger partial charge is 0.493 e. The van der Waals surface area contributed by atoms with E-state index in [1.165, 1.54) is 27.4 Å². The van der Waals surface area contributed by atoms with Crippen molar-refractivity contribution in [1.82, 2.24) is 4.57 Å². The fraction of sp³-hybridized carbons (Fsp3) is 0.409. The summed E-state index contributed by atoms with van der Waals surface area (Å²) in [6.45, 7) is 3.93. The van der Waals surface area contributed by atoms with E-state index in [1.54, 1.807) is 18.2 Å². The molecule has 0 saturated heterocycles. The fourth-order valence-corrected chi connectivity index (χ4v) is 3.17. The number of methoxy groups -OCH3 is 3.